The molecule has 1 aromatic heterocycles. The zero-order chi connectivity index (χ0) is 14.2. The fourth-order valence-corrected chi connectivity index (χ4v) is 3.84. The van der Waals surface area contributed by atoms with Gasteiger partial charge in [0.05, 0.1) is 0 Å². The maximum absolute atomic E-state index is 4.54. The van der Waals surface area contributed by atoms with Crippen LogP contribution in [0.1, 0.15) is 54.6 Å². The number of nitrogens with one attached hydrogen (secondary N) is 1. The van der Waals surface area contributed by atoms with Crippen molar-refractivity contribution < 1.29 is 0 Å². The summed E-state index contributed by atoms with van der Waals surface area (Å²) in [5.41, 5.74) is 4.39. The molecule has 1 heterocycles. The largest absolute Gasteiger partial charge is 0.304 e. The van der Waals surface area contributed by atoms with E-state index in [1.165, 1.54) is 29.0 Å². The van der Waals surface area contributed by atoms with Crippen LogP contribution >= 0.6 is 11.3 Å². The molecule has 20 heavy (non-hydrogen) atoms. The second kappa shape index (κ2) is 5.30. The molecule has 0 aliphatic heterocycles. The number of fused-ring (bicyclic) bond motifs is 1. The Balaban J connectivity index is 1.78. The summed E-state index contributed by atoms with van der Waals surface area (Å²) in [4.78, 5) is 4.54. The zero-order valence-corrected chi connectivity index (χ0v) is 13.3. The number of hydrogen-bond acceptors (Lipinski definition) is 3. The summed E-state index contributed by atoms with van der Waals surface area (Å²) in [5.74, 6) is 0. The Morgan fingerprint density at radius 1 is 1.35 bits per heavy atom. The zero-order valence-electron chi connectivity index (χ0n) is 12.4. The quantitative estimate of drug-likeness (QED) is 0.907. The van der Waals surface area contributed by atoms with Crippen LogP contribution in [0.3, 0.4) is 0 Å². The highest BCUT2D eigenvalue weighted by atomic mass is 32.1. The minimum atomic E-state index is 0.298. The average Bonchev–Trinajstić information content (AvgIpc) is 2.84. The maximum Gasteiger partial charge on any atom is 0.107 e. The Morgan fingerprint density at radius 2 is 2.15 bits per heavy atom. The van der Waals surface area contributed by atoms with E-state index in [1.807, 2.05) is 0 Å². The fourth-order valence-electron chi connectivity index (χ4n) is 3.12. The Kier molecular flexibility index (Phi) is 3.65. The molecule has 3 rings (SSSR count). The highest BCUT2D eigenvalue weighted by Gasteiger charge is 2.31. The molecule has 1 N–H and O–H groups in total. The Hall–Kier alpha value is -1.19. The second-order valence-electron chi connectivity index (χ2n) is 6.33. The number of hydrogen-bond donors (Lipinski definition) is 1. The molecular formula is C17H22N2S. The van der Waals surface area contributed by atoms with E-state index in [1.54, 1.807) is 11.3 Å². The van der Waals surface area contributed by atoms with Crippen molar-refractivity contribution in [3.8, 4) is 0 Å². The predicted octanol–water partition coefficient (Wildman–Crippen LogP) is 4.35. The van der Waals surface area contributed by atoms with E-state index < -0.39 is 0 Å². The third-order valence-corrected chi connectivity index (χ3v) is 5.26. The van der Waals surface area contributed by atoms with Gasteiger partial charge in [0.2, 0.25) is 0 Å². The summed E-state index contributed by atoms with van der Waals surface area (Å²) in [5, 5.41) is 7.00. The molecule has 2 nitrogen and oxygen atoms in total. The van der Waals surface area contributed by atoms with Gasteiger partial charge in [0.1, 0.15) is 5.01 Å². The first-order valence-electron chi connectivity index (χ1n) is 7.30. The number of rotatable bonds is 3. The highest BCUT2D eigenvalue weighted by Crippen LogP contribution is 2.41. The van der Waals surface area contributed by atoms with Gasteiger partial charge in [-0.05, 0) is 36.3 Å². The SMILES string of the molecule is Cc1csc(CNC2CCC(C)(C)c3ccccc32)n1. The molecular weight excluding hydrogens is 264 g/mol. The molecule has 3 heteroatoms. The van der Waals surface area contributed by atoms with Crippen LogP contribution in [0.15, 0.2) is 29.6 Å². The third-order valence-electron chi connectivity index (χ3n) is 4.29. The van der Waals surface area contributed by atoms with Crippen molar-refractivity contribution in [3.63, 3.8) is 0 Å². The van der Waals surface area contributed by atoms with Crippen molar-refractivity contribution >= 4 is 11.3 Å². The van der Waals surface area contributed by atoms with Gasteiger partial charge in [0.15, 0.2) is 0 Å². The smallest absolute Gasteiger partial charge is 0.107 e. The van der Waals surface area contributed by atoms with E-state index in [-0.39, 0.29) is 0 Å². The van der Waals surface area contributed by atoms with Crippen molar-refractivity contribution in [2.75, 3.05) is 0 Å². The first-order valence-corrected chi connectivity index (χ1v) is 8.18. The van der Waals surface area contributed by atoms with Crippen LogP contribution in [0.2, 0.25) is 0 Å². The number of aryl methyl sites for hydroxylation is 1. The molecule has 0 amide bonds. The molecule has 106 valence electrons. The molecule has 1 aliphatic rings. The lowest BCUT2D eigenvalue weighted by molar-refractivity contribution is 0.357. The van der Waals surface area contributed by atoms with E-state index in [9.17, 15) is 0 Å². The third kappa shape index (κ3) is 2.65. The fraction of sp³-hybridized carbons (Fsp3) is 0.471. The molecule has 1 atom stereocenters. The molecule has 1 aliphatic carbocycles. The number of nitrogens with zero attached hydrogens (tertiary/aromatic N) is 1. The molecule has 0 bridgehead atoms. The van der Waals surface area contributed by atoms with Crippen molar-refractivity contribution in [1.82, 2.24) is 10.3 Å². The monoisotopic (exact) mass is 286 g/mol. The summed E-state index contributed by atoms with van der Waals surface area (Å²) >= 11 is 1.75. The number of benzene rings is 1. The van der Waals surface area contributed by atoms with Crippen LogP contribution in [0.4, 0.5) is 0 Å². The van der Waals surface area contributed by atoms with Crippen molar-refractivity contribution in [1.29, 1.82) is 0 Å². The highest BCUT2D eigenvalue weighted by molar-refractivity contribution is 7.09. The van der Waals surface area contributed by atoms with Crippen LogP contribution in [-0.4, -0.2) is 4.98 Å². The van der Waals surface area contributed by atoms with Crippen molar-refractivity contribution in [2.45, 2.75) is 51.6 Å². The van der Waals surface area contributed by atoms with Gasteiger partial charge in [-0.3, -0.25) is 0 Å². The van der Waals surface area contributed by atoms with Gasteiger partial charge < -0.3 is 5.32 Å². The lowest BCUT2D eigenvalue weighted by atomic mass is 9.71. The van der Waals surface area contributed by atoms with E-state index in [4.69, 9.17) is 0 Å². The summed E-state index contributed by atoms with van der Waals surface area (Å²) in [6.45, 7) is 7.63. The summed E-state index contributed by atoms with van der Waals surface area (Å²) in [6.07, 6.45) is 2.44. The van der Waals surface area contributed by atoms with E-state index in [0.717, 1.165) is 12.2 Å². The van der Waals surface area contributed by atoms with Crippen LogP contribution in [0.5, 0.6) is 0 Å². The molecule has 1 unspecified atom stereocenters. The molecule has 0 saturated heterocycles. The van der Waals surface area contributed by atoms with Gasteiger partial charge in [0, 0.05) is 23.7 Å². The standard InChI is InChI=1S/C17H22N2S/c1-12-11-20-16(19-12)10-18-15-8-9-17(2,3)14-7-5-4-6-13(14)15/h4-7,11,15,18H,8-10H2,1-3H3. The maximum atomic E-state index is 4.54. The van der Waals surface area contributed by atoms with E-state index in [2.05, 4.69) is 60.7 Å². The lowest BCUT2D eigenvalue weighted by Gasteiger charge is -2.37. The summed E-state index contributed by atoms with van der Waals surface area (Å²) in [6, 6.07) is 9.34. The van der Waals surface area contributed by atoms with E-state index >= 15 is 0 Å². The van der Waals surface area contributed by atoms with Crippen LogP contribution in [-0.2, 0) is 12.0 Å². The van der Waals surface area contributed by atoms with Crippen molar-refractivity contribution in [2.24, 2.45) is 0 Å². The number of aromatic nitrogens is 1. The molecule has 0 saturated carbocycles. The van der Waals surface area contributed by atoms with E-state index in [0.29, 0.717) is 11.5 Å². The van der Waals surface area contributed by atoms with Gasteiger partial charge in [-0.15, -0.1) is 11.3 Å². The van der Waals surface area contributed by atoms with Crippen LogP contribution < -0.4 is 5.32 Å². The Morgan fingerprint density at radius 3 is 2.90 bits per heavy atom. The number of thiazole rings is 1. The predicted molar refractivity (Wildman–Crippen MR) is 85.1 cm³/mol. The van der Waals surface area contributed by atoms with Crippen molar-refractivity contribution in [3.05, 3.63) is 51.5 Å². The molecule has 0 spiro atoms. The lowest BCUT2D eigenvalue weighted by Crippen LogP contribution is -2.32. The van der Waals surface area contributed by atoms with Gasteiger partial charge in [-0.1, -0.05) is 38.1 Å². The topological polar surface area (TPSA) is 24.9 Å². The Labute approximate surface area is 125 Å². The van der Waals surface area contributed by atoms with Gasteiger partial charge in [-0.2, -0.15) is 0 Å². The molecule has 0 radical (unpaired) electrons. The average molecular weight is 286 g/mol. The summed E-state index contributed by atoms with van der Waals surface area (Å²) < 4.78 is 0. The molecule has 0 fully saturated rings. The van der Waals surface area contributed by atoms with Gasteiger partial charge in [-0.25, -0.2) is 4.98 Å². The molecule has 1 aromatic carbocycles. The minimum Gasteiger partial charge on any atom is -0.304 e. The normalized spacial score (nSPS) is 20.6. The Bertz CT molecular complexity index is 601. The van der Waals surface area contributed by atoms with Gasteiger partial charge >= 0.3 is 0 Å². The first-order chi connectivity index (χ1) is 9.56. The second-order valence-corrected chi connectivity index (χ2v) is 7.27. The first kappa shape index (κ1) is 13.8. The van der Waals surface area contributed by atoms with Gasteiger partial charge in [0.25, 0.3) is 0 Å². The van der Waals surface area contributed by atoms with Crippen LogP contribution in [0.25, 0.3) is 0 Å². The van der Waals surface area contributed by atoms with Crippen LogP contribution in [0, 0.1) is 6.92 Å². The molecule has 2 aromatic rings. The minimum absolute atomic E-state index is 0.298. The summed E-state index contributed by atoms with van der Waals surface area (Å²) in [7, 11) is 0.